The fraction of sp³-hybridized carbons (Fsp3) is 0.308. The van der Waals surface area contributed by atoms with Gasteiger partial charge in [0.1, 0.15) is 0 Å². The van der Waals surface area contributed by atoms with E-state index in [1.807, 2.05) is 0 Å². The van der Waals surface area contributed by atoms with Crippen molar-refractivity contribution >= 4 is 0 Å². The first-order chi connectivity index (χ1) is 8.24. The van der Waals surface area contributed by atoms with Gasteiger partial charge in [-0.1, -0.05) is 29.8 Å². The molecule has 2 aromatic rings. The second-order valence-electron chi connectivity index (χ2n) is 3.98. The van der Waals surface area contributed by atoms with Crippen LogP contribution in [0.4, 0.5) is 0 Å². The second-order valence-corrected chi connectivity index (χ2v) is 3.98. The van der Waals surface area contributed by atoms with E-state index in [0.717, 1.165) is 5.56 Å². The van der Waals surface area contributed by atoms with E-state index in [4.69, 9.17) is 9.84 Å². The molecule has 0 fully saturated rings. The lowest BCUT2D eigenvalue weighted by molar-refractivity contribution is 0.270. The first-order valence-electron chi connectivity index (χ1n) is 5.49. The lowest BCUT2D eigenvalue weighted by Crippen LogP contribution is -2.04. The van der Waals surface area contributed by atoms with Crippen LogP contribution < -0.4 is 4.74 Å². The molecule has 0 bridgehead atoms. The van der Waals surface area contributed by atoms with Crippen LogP contribution in [0.1, 0.15) is 16.7 Å². The maximum atomic E-state index is 9.13. The number of aliphatic hydroxyl groups is 1. The Morgan fingerprint density at radius 1 is 1.29 bits per heavy atom. The molecular formula is C13H16N2O2. The average Bonchev–Trinajstić information content (AvgIpc) is 2.74. The number of benzene rings is 1. The van der Waals surface area contributed by atoms with Crippen molar-refractivity contribution in [1.29, 1.82) is 0 Å². The van der Waals surface area contributed by atoms with E-state index in [1.165, 1.54) is 5.56 Å². The molecule has 0 aliphatic heterocycles. The molecule has 1 aromatic carbocycles. The summed E-state index contributed by atoms with van der Waals surface area (Å²) >= 11 is 0. The van der Waals surface area contributed by atoms with Crippen LogP contribution in [-0.4, -0.2) is 22.0 Å². The van der Waals surface area contributed by atoms with Crippen molar-refractivity contribution in [3.05, 3.63) is 47.2 Å². The molecule has 0 amide bonds. The largest absolute Gasteiger partial charge is 0.481 e. The monoisotopic (exact) mass is 232 g/mol. The molecule has 0 saturated carbocycles. The topological polar surface area (TPSA) is 47.3 Å². The Labute approximate surface area is 100 Å². The van der Waals surface area contributed by atoms with E-state index < -0.39 is 0 Å². The van der Waals surface area contributed by atoms with Gasteiger partial charge in [-0.15, -0.1) is 0 Å². The Bertz CT molecular complexity index is 489. The first-order valence-corrected chi connectivity index (χ1v) is 5.49. The van der Waals surface area contributed by atoms with Crippen LogP contribution in [0.3, 0.4) is 0 Å². The fourth-order valence-electron chi connectivity index (χ4n) is 1.74. The van der Waals surface area contributed by atoms with Crippen molar-refractivity contribution in [2.75, 3.05) is 7.11 Å². The summed E-state index contributed by atoms with van der Waals surface area (Å²) in [5, 5.41) is 13.3. The molecule has 0 spiro atoms. The van der Waals surface area contributed by atoms with Crippen LogP contribution in [0.5, 0.6) is 5.88 Å². The van der Waals surface area contributed by atoms with Crippen molar-refractivity contribution in [3.63, 3.8) is 0 Å². The van der Waals surface area contributed by atoms with Crippen LogP contribution in [0.15, 0.2) is 30.5 Å². The number of ether oxygens (including phenoxy) is 1. The Kier molecular flexibility index (Phi) is 3.44. The summed E-state index contributed by atoms with van der Waals surface area (Å²) in [7, 11) is 1.59. The molecule has 4 nitrogen and oxygen atoms in total. The third kappa shape index (κ3) is 2.47. The highest BCUT2D eigenvalue weighted by atomic mass is 16.5. The van der Waals surface area contributed by atoms with Gasteiger partial charge < -0.3 is 9.84 Å². The number of aliphatic hydroxyl groups excluding tert-OH is 1. The summed E-state index contributed by atoms with van der Waals surface area (Å²) in [4.78, 5) is 0. The summed E-state index contributed by atoms with van der Waals surface area (Å²) in [5.74, 6) is 0.619. The van der Waals surface area contributed by atoms with Crippen LogP contribution >= 0.6 is 0 Å². The lowest BCUT2D eigenvalue weighted by Gasteiger charge is -2.07. The number of methoxy groups -OCH3 is 1. The summed E-state index contributed by atoms with van der Waals surface area (Å²) < 4.78 is 6.99. The van der Waals surface area contributed by atoms with E-state index in [0.29, 0.717) is 18.0 Å². The Morgan fingerprint density at radius 3 is 2.59 bits per heavy atom. The Morgan fingerprint density at radius 2 is 2.00 bits per heavy atom. The van der Waals surface area contributed by atoms with Crippen LogP contribution in [0.2, 0.25) is 0 Å². The second kappa shape index (κ2) is 5.01. The van der Waals surface area contributed by atoms with Crippen molar-refractivity contribution in [2.45, 2.75) is 20.1 Å². The number of aryl methyl sites for hydroxylation is 1. The first kappa shape index (κ1) is 11.7. The molecule has 17 heavy (non-hydrogen) atoms. The quantitative estimate of drug-likeness (QED) is 0.873. The van der Waals surface area contributed by atoms with Crippen molar-refractivity contribution in [3.8, 4) is 5.88 Å². The molecule has 90 valence electrons. The molecule has 0 atom stereocenters. The summed E-state index contributed by atoms with van der Waals surface area (Å²) in [6, 6.07) is 8.26. The van der Waals surface area contributed by atoms with E-state index in [1.54, 1.807) is 18.0 Å². The van der Waals surface area contributed by atoms with Gasteiger partial charge in [0.05, 0.1) is 32.0 Å². The molecule has 0 aliphatic carbocycles. The van der Waals surface area contributed by atoms with Gasteiger partial charge >= 0.3 is 0 Å². The molecule has 2 rings (SSSR count). The highest BCUT2D eigenvalue weighted by Gasteiger charge is 2.10. The molecule has 0 unspecified atom stereocenters. The summed E-state index contributed by atoms with van der Waals surface area (Å²) in [6.07, 6.45) is 1.63. The van der Waals surface area contributed by atoms with Crippen LogP contribution in [-0.2, 0) is 13.2 Å². The zero-order valence-electron chi connectivity index (χ0n) is 10.1. The molecule has 4 heteroatoms. The van der Waals surface area contributed by atoms with E-state index in [2.05, 4.69) is 36.3 Å². The minimum Gasteiger partial charge on any atom is -0.481 e. The van der Waals surface area contributed by atoms with E-state index in [-0.39, 0.29) is 6.61 Å². The maximum Gasteiger partial charge on any atom is 0.217 e. The molecule has 0 radical (unpaired) electrons. The van der Waals surface area contributed by atoms with Gasteiger partial charge in [-0.3, -0.25) is 0 Å². The normalized spacial score (nSPS) is 10.5. The standard InChI is InChI=1S/C13H16N2O2/c1-10-3-5-11(6-4-10)8-15-13(17-2)12(9-16)7-14-15/h3-7,16H,8-9H2,1-2H3. The van der Waals surface area contributed by atoms with E-state index >= 15 is 0 Å². The maximum absolute atomic E-state index is 9.13. The molecule has 0 saturated heterocycles. The van der Waals surface area contributed by atoms with Gasteiger partial charge in [0, 0.05) is 0 Å². The van der Waals surface area contributed by atoms with Crippen LogP contribution in [0.25, 0.3) is 0 Å². The van der Waals surface area contributed by atoms with Gasteiger partial charge in [-0.25, -0.2) is 4.68 Å². The van der Waals surface area contributed by atoms with Gasteiger partial charge in [-0.05, 0) is 12.5 Å². The summed E-state index contributed by atoms with van der Waals surface area (Å²) in [5.41, 5.74) is 3.10. The van der Waals surface area contributed by atoms with Gasteiger partial charge in [0.25, 0.3) is 0 Å². The molecule has 0 aliphatic rings. The molecule has 1 N–H and O–H groups in total. The van der Waals surface area contributed by atoms with Gasteiger partial charge in [-0.2, -0.15) is 5.10 Å². The van der Waals surface area contributed by atoms with Gasteiger partial charge in [0.15, 0.2) is 0 Å². The zero-order valence-corrected chi connectivity index (χ0v) is 10.1. The number of hydrogen-bond donors (Lipinski definition) is 1. The highest BCUT2D eigenvalue weighted by molar-refractivity contribution is 5.26. The highest BCUT2D eigenvalue weighted by Crippen LogP contribution is 2.19. The predicted octanol–water partition coefficient (Wildman–Crippen LogP) is 1.74. The van der Waals surface area contributed by atoms with Crippen molar-refractivity contribution < 1.29 is 9.84 Å². The average molecular weight is 232 g/mol. The van der Waals surface area contributed by atoms with E-state index in [9.17, 15) is 0 Å². The lowest BCUT2D eigenvalue weighted by atomic mass is 10.1. The third-order valence-corrected chi connectivity index (χ3v) is 2.68. The number of rotatable bonds is 4. The van der Waals surface area contributed by atoms with Crippen molar-refractivity contribution in [1.82, 2.24) is 9.78 Å². The Balaban J connectivity index is 2.23. The zero-order chi connectivity index (χ0) is 12.3. The fourth-order valence-corrected chi connectivity index (χ4v) is 1.74. The Hall–Kier alpha value is -1.81. The molecular weight excluding hydrogens is 216 g/mol. The molecule has 1 heterocycles. The minimum atomic E-state index is -0.0585. The predicted molar refractivity (Wildman–Crippen MR) is 65.0 cm³/mol. The number of aromatic nitrogens is 2. The van der Waals surface area contributed by atoms with Crippen molar-refractivity contribution in [2.24, 2.45) is 0 Å². The summed E-state index contributed by atoms with van der Waals surface area (Å²) in [6.45, 7) is 2.64. The number of nitrogens with zero attached hydrogens (tertiary/aromatic N) is 2. The minimum absolute atomic E-state index is 0.0585. The van der Waals surface area contributed by atoms with Crippen LogP contribution in [0, 0.1) is 6.92 Å². The SMILES string of the molecule is COc1c(CO)cnn1Cc1ccc(C)cc1. The van der Waals surface area contributed by atoms with Gasteiger partial charge in [0.2, 0.25) is 5.88 Å². The molecule has 1 aromatic heterocycles. The third-order valence-electron chi connectivity index (χ3n) is 2.68. The number of hydrogen-bond acceptors (Lipinski definition) is 3. The smallest absolute Gasteiger partial charge is 0.217 e.